The van der Waals surface area contributed by atoms with Crippen LogP contribution in [0.25, 0.3) is 0 Å². The number of hydrogen-bond donors (Lipinski definition) is 2. The maximum atomic E-state index is 12.1. The zero-order chi connectivity index (χ0) is 14.0. The molecule has 0 saturated carbocycles. The van der Waals surface area contributed by atoms with Gasteiger partial charge in [0.05, 0.1) is 0 Å². The maximum Gasteiger partial charge on any atom is 0.251 e. The molecule has 0 bridgehead atoms. The van der Waals surface area contributed by atoms with Crippen molar-refractivity contribution in [3.63, 3.8) is 0 Å². The molecular formula is C13H16BrN3O2. The Morgan fingerprint density at radius 1 is 1.53 bits per heavy atom. The van der Waals surface area contributed by atoms with E-state index in [9.17, 15) is 9.59 Å². The number of rotatable bonds is 2. The fraction of sp³-hybridized carbons (Fsp3) is 0.385. The minimum atomic E-state index is -0.160. The van der Waals surface area contributed by atoms with E-state index in [-0.39, 0.29) is 17.9 Å². The number of nitrogens with two attached hydrogens (primary N) is 1. The van der Waals surface area contributed by atoms with Crippen molar-refractivity contribution >= 4 is 33.4 Å². The standard InChI is InChI=1S/C13H16BrN3O2/c1-17-7-9(3-5-12(17)18)16-13(19)8-2-4-10(14)11(15)6-8/h2,4,6,9H,3,5,7,15H2,1H3,(H,16,19). The minimum absolute atomic E-state index is 0.0000660. The predicted octanol–water partition coefficient (Wildman–Crippen LogP) is 1.38. The van der Waals surface area contributed by atoms with E-state index < -0.39 is 0 Å². The molecule has 1 unspecified atom stereocenters. The average Bonchev–Trinajstić information content (AvgIpc) is 2.37. The first-order valence-corrected chi connectivity index (χ1v) is 6.86. The fourth-order valence-electron chi connectivity index (χ4n) is 2.08. The molecule has 5 nitrogen and oxygen atoms in total. The zero-order valence-corrected chi connectivity index (χ0v) is 12.2. The molecule has 1 aromatic carbocycles. The number of nitrogens with zero attached hydrogens (tertiary/aromatic N) is 1. The lowest BCUT2D eigenvalue weighted by molar-refractivity contribution is -0.132. The molecule has 0 spiro atoms. The van der Waals surface area contributed by atoms with Gasteiger partial charge in [-0.25, -0.2) is 0 Å². The van der Waals surface area contributed by atoms with Crippen LogP contribution in [0.15, 0.2) is 22.7 Å². The van der Waals surface area contributed by atoms with Crippen LogP contribution in [0.4, 0.5) is 5.69 Å². The topological polar surface area (TPSA) is 75.4 Å². The molecule has 0 aliphatic carbocycles. The van der Waals surface area contributed by atoms with Gasteiger partial charge in [0.25, 0.3) is 5.91 Å². The second kappa shape index (κ2) is 5.61. The Labute approximate surface area is 120 Å². The monoisotopic (exact) mass is 325 g/mol. The smallest absolute Gasteiger partial charge is 0.251 e. The first-order chi connectivity index (χ1) is 8.97. The van der Waals surface area contributed by atoms with Gasteiger partial charge in [-0.15, -0.1) is 0 Å². The van der Waals surface area contributed by atoms with Gasteiger partial charge in [0.2, 0.25) is 5.91 Å². The Bertz CT molecular complexity index is 519. The van der Waals surface area contributed by atoms with Crippen LogP contribution in [0.5, 0.6) is 0 Å². The summed E-state index contributed by atoms with van der Waals surface area (Å²) >= 11 is 3.29. The van der Waals surface area contributed by atoms with Crippen molar-refractivity contribution in [2.24, 2.45) is 0 Å². The Morgan fingerprint density at radius 2 is 2.26 bits per heavy atom. The molecule has 3 N–H and O–H groups in total. The van der Waals surface area contributed by atoms with Gasteiger partial charge in [-0.05, 0) is 40.5 Å². The number of carbonyl (C=O) groups is 2. The van der Waals surface area contributed by atoms with Gasteiger partial charge >= 0.3 is 0 Å². The van der Waals surface area contributed by atoms with Crippen molar-refractivity contribution in [2.75, 3.05) is 19.3 Å². The van der Waals surface area contributed by atoms with Gasteiger partial charge in [-0.3, -0.25) is 9.59 Å². The van der Waals surface area contributed by atoms with E-state index in [4.69, 9.17) is 5.73 Å². The van der Waals surface area contributed by atoms with E-state index in [1.54, 1.807) is 30.1 Å². The molecule has 1 atom stereocenters. The number of likely N-dealkylation sites (N-methyl/N-ethyl adjacent to an activating group) is 1. The quantitative estimate of drug-likeness (QED) is 0.807. The van der Waals surface area contributed by atoms with E-state index in [0.717, 1.165) is 4.47 Å². The molecule has 1 aromatic rings. The highest BCUT2D eigenvalue weighted by atomic mass is 79.9. The van der Waals surface area contributed by atoms with Crippen molar-refractivity contribution in [2.45, 2.75) is 18.9 Å². The molecule has 0 aromatic heterocycles. The molecular weight excluding hydrogens is 310 g/mol. The van der Waals surface area contributed by atoms with Gasteiger partial charge in [0, 0.05) is 41.8 Å². The molecule has 1 heterocycles. The molecule has 0 radical (unpaired) electrons. The van der Waals surface area contributed by atoms with Crippen LogP contribution in [0.1, 0.15) is 23.2 Å². The number of amides is 2. The third kappa shape index (κ3) is 3.26. The van der Waals surface area contributed by atoms with Crippen molar-refractivity contribution in [3.8, 4) is 0 Å². The summed E-state index contributed by atoms with van der Waals surface area (Å²) in [6.07, 6.45) is 1.16. The third-order valence-electron chi connectivity index (χ3n) is 3.22. The fourth-order valence-corrected chi connectivity index (χ4v) is 2.33. The van der Waals surface area contributed by atoms with Crippen LogP contribution in [-0.2, 0) is 4.79 Å². The Morgan fingerprint density at radius 3 is 2.89 bits per heavy atom. The first-order valence-electron chi connectivity index (χ1n) is 6.07. The molecule has 1 saturated heterocycles. The molecule has 1 aliphatic heterocycles. The normalized spacial score (nSPS) is 19.4. The van der Waals surface area contributed by atoms with E-state index >= 15 is 0 Å². The zero-order valence-electron chi connectivity index (χ0n) is 10.6. The first kappa shape index (κ1) is 13.9. The summed E-state index contributed by atoms with van der Waals surface area (Å²) < 4.78 is 0.770. The number of anilines is 1. The second-order valence-electron chi connectivity index (χ2n) is 4.72. The van der Waals surface area contributed by atoms with E-state index in [0.29, 0.717) is 30.6 Å². The highest BCUT2D eigenvalue weighted by molar-refractivity contribution is 9.10. The van der Waals surface area contributed by atoms with Crippen molar-refractivity contribution in [1.29, 1.82) is 0 Å². The molecule has 2 rings (SSSR count). The molecule has 1 fully saturated rings. The summed E-state index contributed by atoms with van der Waals surface area (Å²) in [6.45, 7) is 0.552. The summed E-state index contributed by atoms with van der Waals surface area (Å²) in [4.78, 5) is 25.1. The molecule has 19 heavy (non-hydrogen) atoms. The highest BCUT2D eigenvalue weighted by Gasteiger charge is 2.24. The second-order valence-corrected chi connectivity index (χ2v) is 5.57. The number of piperidine rings is 1. The number of halogens is 1. The lowest BCUT2D eigenvalue weighted by Gasteiger charge is -2.30. The number of benzene rings is 1. The summed E-state index contributed by atoms with van der Waals surface area (Å²) in [5.74, 6) is -0.0367. The van der Waals surface area contributed by atoms with E-state index in [2.05, 4.69) is 21.2 Å². The molecule has 1 aliphatic rings. The minimum Gasteiger partial charge on any atom is -0.398 e. The van der Waals surface area contributed by atoms with Crippen LogP contribution in [0, 0.1) is 0 Å². The lowest BCUT2D eigenvalue weighted by Crippen LogP contribution is -2.48. The molecule has 102 valence electrons. The number of hydrogen-bond acceptors (Lipinski definition) is 3. The van der Waals surface area contributed by atoms with Gasteiger partial charge < -0.3 is 16.0 Å². The van der Waals surface area contributed by atoms with Gasteiger partial charge in [-0.2, -0.15) is 0 Å². The van der Waals surface area contributed by atoms with E-state index in [1.807, 2.05) is 0 Å². The van der Waals surface area contributed by atoms with Crippen molar-refractivity contribution in [3.05, 3.63) is 28.2 Å². The number of nitrogen functional groups attached to an aromatic ring is 1. The Hall–Kier alpha value is -1.56. The van der Waals surface area contributed by atoms with Crippen LogP contribution in [0.3, 0.4) is 0 Å². The summed E-state index contributed by atoms with van der Waals surface area (Å²) in [6, 6.07) is 5.10. The molecule has 6 heteroatoms. The Balaban J connectivity index is 2.01. The number of carbonyl (C=O) groups excluding carboxylic acids is 2. The van der Waals surface area contributed by atoms with Gasteiger partial charge in [-0.1, -0.05) is 0 Å². The summed E-state index contributed by atoms with van der Waals surface area (Å²) in [5, 5.41) is 2.93. The van der Waals surface area contributed by atoms with Crippen LogP contribution in [-0.4, -0.2) is 36.3 Å². The number of likely N-dealkylation sites (tertiary alicyclic amines) is 1. The van der Waals surface area contributed by atoms with Crippen LogP contribution in [0.2, 0.25) is 0 Å². The summed E-state index contributed by atoms with van der Waals surface area (Å²) in [5.41, 5.74) is 6.81. The lowest BCUT2D eigenvalue weighted by atomic mass is 10.0. The summed E-state index contributed by atoms with van der Waals surface area (Å²) in [7, 11) is 1.75. The van der Waals surface area contributed by atoms with Crippen molar-refractivity contribution < 1.29 is 9.59 Å². The molecule has 2 amide bonds. The van der Waals surface area contributed by atoms with Crippen LogP contribution < -0.4 is 11.1 Å². The highest BCUT2D eigenvalue weighted by Crippen LogP contribution is 2.20. The third-order valence-corrected chi connectivity index (χ3v) is 3.94. The largest absolute Gasteiger partial charge is 0.398 e. The van der Waals surface area contributed by atoms with Gasteiger partial charge in [0.1, 0.15) is 0 Å². The van der Waals surface area contributed by atoms with Crippen LogP contribution >= 0.6 is 15.9 Å². The Kier molecular flexibility index (Phi) is 4.09. The van der Waals surface area contributed by atoms with Crippen molar-refractivity contribution in [1.82, 2.24) is 10.2 Å². The maximum absolute atomic E-state index is 12.1. The predicted molar refractivity (Wildman–Crippen MR) is 76.7 cm³/mol. The number of nitrogens with one attached hydrogen (secondary N) is 1. The average molecular weight is 326 g/mol. The van der Waals surface area contributed by atoms with E-state index in [1.165, 1.54) is 0 Å². The van der Waals surface area contributed by atoms with Gasteiger partial charge in [0.15, 0.2) is 0 Å². The SMILES string of the molecule is CN1CC(NC(=O)c2ccc(Br)c(N)c2)CCC1=O.